The normalized spacial score (nSPS) is 18.3. The third-order valence-electron chi connectivity index (χ3n) is 9.97. The number of pyridine rings is 2. The maximum absolute atomic E-state index is 5.22. The molecule has 0 unspecified atom stereocenters. The molecule has 4 aliphatic carbocycles. The standard InChI is InChI=1S/C34H42N4S2/c1-5-15-25-21(11-1)31(29-23-13-3-7-17-27(23)39-33(29)37-25)35-19-9-10-20-36-32-22-12-2-6-16-26(22)38-34-30(32)24-14-4-8-18-28(24)40-34/h1-20H2,(H,35,37)(H,36,38). The first-order valence-corrected chi connectivity index (χ1v) is 17.9. The van der Waals surface area contributed by atoms with Crippen LogP contribution in [0, 0.1) is 0 Å². The van der Waals surface area contributed by atoms with Crippen molar-refractivity contribution < 1.29 is 0 Å². The zero-order valence-corrected chi connectivity index (χ0v) is 25.5. The fraction of sp³-hybridized carbons (Fsp3) is 0.588. The largest absolute Gasteiger partial charge is 0.384 e. The fourth-order valence-electron chi connectivity index (χ4n) is 7.95. The number of fused-ring (bicyclic) bond motifs is 8. The van der Waals surface area contributed by atoms with E-state index in [0.717, 1.165) is 25.9 Å². The van der Waals surface area contributed by atoms with Gasteiger partial charge in [-0.3, -0.25) is 0 Å². The quantitative estimate of drug-likeness (QED) is 0.218. The zero-order valence-electron chi connectivity index (χ0n) is 23.9. The lowest BCUT2D eigenvalue weighted by Crippen LogP contribution is -2.14. The molecular formula is C34H42N4S2. The smallest absolute Gasteiger partial charge is 0.126 e. The Hall–Kier alpha value is -2.18. The second kappa shape index (κ2) is 10.9. The summed E-state index contributed by atoms with van der Waals surface area (Å²) < 4.78 is 0. The molecule has 0 fully saturated rings. The van der Waals surface area contributed by atoms with Crippen LogP contribution in [0.3, 0.4) is 0 Å². The molecule has 6 heteroatoms. The van der Waals surface area contributed by atoms with Crippen LogP contribution < -0.4 is 10.6 Å². The van der Waals surface area contributed by atoms with Crippen LogP contribution in [0.1, 0.15) is 108 Å². The van der Waals surface area contributed by atoms with Crippen molar-refractivity contribution in [1.82, 2.24) is 9.97 Å². The van der Waals surface area contributed by atoms with Crippen LogP contribution in [-0.4, -0.2) is 23.1 Å². The lowest BCUT2D eigenvalue weighted by molar-refractivity contribution is 0.670. The van der Waals surface area contributed by atoms with Gasteiger partial charge in [0.15, 0.2) is 0 Å². The van der Waals surface area contributed by atoms with E-state index in [1.807, 2.05) is 22.7 Å². The monoisotopic (exact) mass is 570 g/mol. The van der Waals surface area contributed by atoms with Gasteiger partial charge in [0.2, 0.25) is 0 Å². The first-order chi connectivity index (χ1) is 19.8. The number of thiophene rings is 2. The van der Waals surface area contributed by atoms with Gasteiger partial charge in [0.05, 0.1) is 0 Å². The van der Waals surface area contributed by atoms with E-state index in [0.29, 0.717) is 0 Å². The SMILES string of the molecule is C(CCNc1c2c(nc3sc4c(c13)CCCC4)CCCC2)CNc1c2c(nc3sc4c(c13)CCCC4)CCCC2. The maximum Gasteiger partial charge on any atom is 0.126 e. The second-order valence-corrected chi connectivity index (χ2v) is 14.7. The number of rotatable bonds is 7. The Labute approximate surface area is 246 Å². The first kappa shape index (κ1) is 25.5. The Morgan fingerprint density at radius 1 is 0.475 bits per heavy atom. The minimum Gasteiger partial charge on any atom is -0.384 e. The van der Waals surface area contributed by atoms with E-state index in [4.69, 9.17) is 9.97 Å². The minimum absolute atomic E-state index is 1.05. The Kier molecular flexibility index (Phi) is 6.96. The molecule has 4 aromatic heterocycles. The first-order valence-electron chi connectivity index (χ1n) is 16.2. The second-order valence-electron chi connectivity index (χ2n) is 12.6. The summed E-state index contributed by atoms with van der Waals surface area (Å²) in [5, 5.41) is 11.0. The van der Waals surface area contributed by atoms with Gasteiger partial charge in [-0.15, -0.1) is 22.7 Å². The van der Waals surface area contributed by atoms with Crippen molar-refractivity contribution in [3.8, 4) is 0 Å². The van der Waals surface area contributed by atoms with E-state index in [9.17, 15) is 0 Å². The Morgan fingerprint density at radius 2 is 0.875 bits per heavy atom. The topological polar surface area (TPSA) is 49.8 Å². The molecule has 8 rings (SSSR count). The molecule has 2 N–H and O–H groups in total. The summed E-state index contributed by atoms with van der Waals surface area (Å²) in [5.74, 6) is 0. The van der Waals surface area contributed by atoms with Gasteiger partial charge in [-0.25, -0.2) is 9.97 Å². The number of nitrogens with one attached hydrogen (secondary N) is 2. The van der Waals surface area contributed by atoms with Crippen molar-refractivity contribution in [2.75, 3.05) is 23.7 Å². The molecule has 0 saturated carbocycles. The highest BCUT2D eigenvalue weighted by molar-refractivity contribution is 7.19. The molecule has 0 bridgehead atoms. The van der Waals surface area contributed by atoms with Crippen molar-refractivity contribution in [3.63, 3.8) is 0 Å². The van der Waals surface area contributed by atoms with E-state index >= 15 is 0 Å². The summed E-state index contributed by atoms with van der Waals surface area (Å²) >= 11 is 3.98. The van der Waals surface area contributed by atoms with Gasteiger partial charge in [-0.2, -0.15) is 0 Å². The fourth-order valence-corrected chi connectivity index (χ4v) is 10.5. The van der Waals surface area contributed by atoms with Crippen LogP contribution in [0.5, 0.6) is 0 Å². The molecule has 4 nitrogen and oxygen atoms in total. The molecular weight excluding hydrogens is 529 g/mol. The van der Waals surface area contributed by atoms with E-state index in [1.54, 1.807) is 20.9 Å². The molecule has 0 atom stereocenters. The molecule has 4 aromatic rings. The van der Waals surface area contributed by atoms with Crippen LogP contribution in [-0.2, 0) is 51.4 Å². The highest BCUT2D eigenvalue weighted by atomic mass is 32.1. The van der Waals surface area contributed by atoms with Crippen LogP contribution in [0.4, 0.5) is 11.4 Å². The van der Waals surface area contributed by atoms with Gasteiger partial charge in [-0.1, -0.05) is 0 Å². The lowest BCUT2D eigenvalue weighted by Gasteiger charge is -2.22. The Morgan fingerprint density at radius 3 is 1.35 bits per heavy atom. The van der Waals surface area contributed by atoms with Crippen LogP contribution in [0.2, 0.25) is 0 Å². The van der Waals surface area contributed by atoms with Gasteiger partial charge >= 0.3 is 0 Å². The number of hydrogen-bond donors (Lipinski definition) is 2. The van der Waals surface area contributed by atoms with Gasteiger partial charge < -0.3 is 10.6 Å². The van der Waals surface area contributed by atoms with E-state index in [1.165, 1.54) is 157 Å². The van der Waals surface area contributed by atoms with Crippen LogP contribution >= 0.6 is 22.7 Å². The average Bonchev–Trinajstić information content (AvgIpc) is 3.55. The van der Waals surface area contributed by atoms with Gasteiger partial charge in [0.25, 0.3) is 0 Å². The van der Waals surface area contributed by atoms with Crippen molar-refractivity contribution in [2.24, 2.45) is 0 Å². The third kappa shape index (κ3) is 4.45. The summed E-state index contributed by atoms with van der Waals surface area (Å²) in [6.07, 6.45) is 22.6. The van der Waals surface area contributed by atoms with Gasteiger partial charge in [0.1, 0.15) is 9.66 Å². The molecule has 0 spiro atoms. The maximum atomic E-state index is 5.22. The Bertz CT molecular complexity index is 1460. The minimum atomic E-state index is 1.05. The number of aromatic nitrogens is 2. The summed E-state index contributed by atoms with van der Waals surface area (Å²) in [4.78, 5) is 16.3. The Balaban J connectivity index is 0.998. The lowest BCUT2D eigenvalue weighted by atomic mass is 9.90. The predicted octanol–water partition coefficient (Wildman–Crippen LogP) is 8.73. The van der Waals surface area contributed by atoms with Gasteiger partial charge in [-0.05, 0) is 138 Å². The highest BCUT2D eigenvalue weighted by Gasteiger charge is 2.26. The molecule has 4 heterocycles. The summed E-state index contributed by atoms with van der Waals surface area (Å²) in [6.45, 7) is 2.10. The molecule has 4 aliphatic rings. The molecule has 0 radical (unpaired) electrons. The van der Waals surface area contributed by atoms with Crippen molar-refractivity contribution in [1.29, 1.82) is 0 Å². The van der Waals surface area contributed by atoms with Crippen LogP contribution in [0.15, 0.2) is 0 Å². The average molecular weight is 571 g/mol. The zero-order chi connectivity index (χ0) is 26.5. The van der Waals surface area contributed by atoms with E-state index < -0.39 is 0 Å². The third-order valence-corrected chi connectivity index (χ3v) is 12.3. The van der Waals surface area contributed by atoms with Gasteiger partial charge in [0, 0.05) is 56.4 Å². The van der Waals surface area contributed by atoms with Crippen molar-refractivity contribution in [3.05, 3.63) is 43.4 Å². The van der Waals surface area contributed by atoms with E-state index in [-0.39, 0.29) is 0 Å². The molecule has 0 saturated heterocycles. The number of hydrogen-bond acceptors (Lipinski definition) is 6. The molecule has 40 heavy (non-hydrogen) atoms. The molecule has 0 aromatic carbocycles. The summed E-state index contributed by atoms with van der Waals surface area (Å²) in [7, 11) is 0. The number of anilines is 2. The molecule has 0 amide bonds. The molecule has 0 aliphatic heterocycles. The van der Waals surface area contributed by atoms with Crippen molar-refractivity contribution >= 4 is 54.5 Å². The van der Waals surface area contributed by atoms with E-state index in [2.05, 4.69) is 10.6 Å². The molecule has 210 valence electrons. The summed E-state index contributed by atoms with van der Waals surface area (Å²) in [5.41, 5.74) is 12.0. The summed E-state index contributed by atoms with van der Waals surface area (Å²) in [6, 6.07) is 0. The number of nitrogens with zero attached hydrogens (tertiary/aromatic N) is 2. The number of unbranched alkanes of at least 4 members (excludes halogenated alkanes) is 1. The predicted molar refractivity (Wildman–Crippen MR) is 172 cm³/mol. The van der Waals surface area contributed by atoms with Crippen LogP contribution in [0.25, 0.3) is 20.4 Å². The highest BCUT2D eigenvalue weighted by Crippen LogP contribution is 2.44. The van der Waals surface area contributed by atoms with Crippen molar-refractivity contribution in [2.45, 2.75) is 116 Å². The number of aryl methyl sites for hydroxylation is 6.